The molecule has 15 heavy (non-hydrogen) atoms. The molecule has 0 saturated carbocycles. The van der Waals surface area contributed by atoms with E-state index < -0.39 is 0 Å². The summed E-state index contributed by atoms with van der Waals surface area (Å²) in [5.74, 6) is 1.46. The van der Waals surface area contributed by atoms with Gasteiger partial charge in [-0.15, -0.1) is 0 Å². The van der Waals surface area contributed by atoms with E-state index >= 15 is 0 Å². The Hall–Kier alpha value is -0.810. The fourth-order valence-corrected chi connectivity index (χ4v) is 2.02. The summed E-state index contributed by atoms with van der Waals surface area (Å²) < 4.78 is 5.43. The molecule has 0 spiro atoms. The quantitative estimate of drug-likeness (QED) is 0.300. The van der Waals surface area contributed by atoms with Crippen molar-refractivity contribution in [3.05, 3.63) is 0 Å². The zero-order chi connectivity index (χ0) is 11.3. The van der Waals surface area contributed by atoms with E-state index in [4.69, 9.17) is 15.7 Å². The minimum absolute atomic E-state index is 0.277. The maximum Gasteiger partial charge on any atom is 0.153 e. The predicted octanol–water partition coefficient (Wildman–Crippen LogP) is 0.337. The van der Waals surface area contributed by atoms with Crippen molar-refractivity contribution in [2.75, 3.05) is 32.8 Å². The van der Waals surface area contributed by atoms with Gasteiger partial charge in [0.1, 0.15) is 0 Å². The van der Waals surface area contributed by atoms with Gasteiger partial charge in [0.05, 0.1) is 13.2 Å². The highest BCUT2D eigenvalue weighted by molar-refractivity contribution is 5.81. The number of hydrogen-bond acceptors (Lipinski definition) is 4. The van der Waals surface area contributed by atoms with Gasteiger partial charge in [-0.2, -0.15) is 0 Å². The van der Waals surface area contributed by atoms with E-state index in [1.807, 2.05) is 6.92 Å². The molecule has 1 saturated heterocycles. The Labute approximate surface area is 90.9 Å². The van der Waals surface area contributed by atoms with Crippen LogP contribution in [0.4, 0.5) is 0 Å². The fourth-order valence-electron chi connectivity index (χ4n) is 2.02. The van der Waals surface area contributed by atoms with E-state index in [0.29, 0.717) is 18.4 Å². The summed E-state index contributed by atoms with van der Waals surface area (Å²) in [6.07, 6.45) is 0. The number of oxime groups is 1. The number of rotatable bonds is 5. The normalized spacial score (nSPS) is 28.5. The summed E-state index contributed by atoms with van der Waals surface area (Å²) in [6, 6.07) is 0. The molecule has 1 aliphatic rings. The Balaban J connectivity index is 2.34. The molecule has 1 rings (SSSR count). The number of amidine groups is 1. The molecule has 0 aliphatic carbocycles. The molecule has 5 nitrogen and oxygen atoms in total. The highest BCUT2D eigenvalue weighted by atomic mass is 16.5. The lowest BCUT2D eigenvalue weighted by Gasteiger charge is -2.14. The zero-order valence-electron chi connectivity index (χ0n) is 9.52. The van der Waals surface area contributed by atoms with E-state index in [9.17, 15) is 0 Å². The van der Waals surface area contributed by atoms with E-state index in [0.717, 1.165) is 26.3 Å². The lowest BCUT2D eigenvalue weighted by molar-refractivity contribution is 0.102. The first-order valence-electron chi connectivity index (χ1n) is 5.43. The Bertz CT molecular complexity index is 221. The largest absolute Gasteiger partial charge is 0.409 e. The van der Waals surface area contributed by atoms with Crippen LogP contribution in [0.25, 0.3) is 0 Å². The smallest absolute Gasteiger partial charge is 0.153 e. The molecule has 1 fully saturated rings. The molecule has 5 heteroatoms. The van der Waals surface area contributed by atoms with Crippen molar-refractivity contribution in [1.29, 1.82) is 0 Å². The van der Waals surface area contributed by atoms with E-state index in [1.54, 1.807) is 0 Å². The van der Waals surface area contributed by atoms with Crippen molar-refractivity contribution >= 4 is 5.84 Å². The van der Waals surface area contributed by atoms with Crippen LogP contribution in [0.15, 0.2) is 5.16 Å². The van der Waals surface area contributed by atoms with E-state index in [-0.39, 0.29) is 5.84 Å². The van der Waals surface area contributed by atoms with Crippen LogP contribution in [-0.2, 0) is 4.74 Å². The van der Waals surface area contributed by atoms with Crippen molar-refractivity contribution in [1.82, 2.24) is 4.90 Å². The van der Waals surface area contributed by atoms with Crippen LogP contribution in [0.5, 0.6) is 0 Å². The summed E-state index contributed by atoms with van der Waals surface area (Å²) in [5, 5.41) is 11.5. The van der Waals surface area contributed by atoms with Gasteiger partial charge in [0.2, 0.25) is 0 Å². The SMILES string of the molecule is CCOC[C@@H]1CN(CC(N)=NO)C[C@H]1C. The number of nitrogens with two attached hydrogens (primary N) is 1. The first-order chi connectivity index (χ1) is 7.17. The first kappa shape index (κ1) is 12.3. The highest BCUT2D eigenvalue weighted by Crippen LogP contribution is 2.22. The van der Waals surface area contributed by atoms with Gasteiger partial charge in [-0.05, 0) is 18.8 Å². The van der Waals surface area contributed by atoms with Crippen molar-refractivity contribution in [2.24, 2.45) is 22.7 Å². The van der Waals surface area contributed by atoms with Gasteiger partial charge < -0.3 is 15.7 Å². The minimum atomic E-state index is 0.277. The van der Waals surface area contributed by atoms with Crippen LogP contribution in [-0.4, -0.2) is 48.8 Å². The second kappa shape index (κ2) is 5.92. The van der Waals surface area contributed by atoms with Gasteiger partial charge in [0.15, 0.2) is 5.84 Å². The maximum atomic E-state index is 8.48. The van der Waals surface area contributed by atoms with Gasteiger partial charge in [-0.3, -0.25) is 4.90 Å². The monoisotopic (exact) mass is 215 g/mol. The van der Waals surface area contributed by atoms with Crippen LogP contribution in [0.1, 0.15) is 13.8 Å². The maximum absolute atomic E-state index is 8.48. The predicted molar refractivity (Wildman–Crippen MR) is 59.0 cm³/mol. The Kier molecular flexibility index (Phi) is 4.84. The first-order valence-corrected chi connectivity index (χ1v) is 5.43. The molecule has 0 aromatic heterocycles. The molecule has 0 aromatic rings. The second-order valence-corrected chi connectivity index (χ2v) is 4.18. The minimum Gasteiger partial charge on any atom is -0.409 e. The van der Waals surface area contributed by atoms with Crippen molar-refractivity contribution < 1.29 is 9.94 Å². The molecule has 1 heterocycles. The van der Waals surface area contributed by atoms with Crippen molar-refractivity contribution in [3.63, 3.8) is 0 Å². The Morgan fingerprint density at radius 1 is 1.60 bits per heavy atom. The molecule has 3 N–H and O–H groups in total. The lowest BCUT2D eigenvalue weighted by Crippen LogP contribution is -2.32. The highest BCUT2D eigenvalue weighted by Gasteiger charge is 2.29. The molecule has 0 unspecified atom stereocenters. The Morgan fingerprint density at radius 2 is 2.33 bits per heavy atom. The third-order valence-electron chi connectivity index (χ3n) is 2.89. The van der Waals surface area contributed by atoms with Gasteiger partial charge in [-0.25, -0.2) is 0 Å². The van der Waals surface area contributed by atoms with Crippen LogP contribution < -0.4 is 5.73 Å². The van der Waals surface area contributed by atoms with Crippen LogP contribution in [0, 0.1) is 11.8 Å². The molecule has 0 aromatic carbocycles. The summed E-state index contributed by atoms with van der Waals surface area (Å²) in [5.41, 5.74) is 5.47. The lowest BCUT2D eigenvalue weighted by atomic mass is 9.99. The van der Waals surface area contributed by atoms with Crippen LogP contribution in [0.2, 0.25) is 0 Å². The summed E-state index contributed by atoms with van der Waals surface area (Å²) in [4.78, 5) is 2.20. The molecule has 88 valence electrons. The second-order valence-electron chi connectivity index (χ2n) is 4.18. The van der Waals surface area contributed by atoms with Crippen molar-refractivity contribution in [2.45, 2.75) is 13.8 Å². The van der Waals surface area contributed by atoms with Crippen LogP contribution in [0.3, 0.4) is 0 Å². The number of ether oxygens (including phenoxy) is 1. The van der Waals surface area contributed by atoms with Crippen molar-refractivity contribution in [3.8, 4) is 0 Å². The molecule has 0 radical (unpaired) electrons. The standard InChI is InChI=1S/C10H21N3O2/c1-3-15-7-9-5-13(4-8(9)2)6-10(11)12-14/h8-9,14H,3-7H2,1-2H3,(H2,11,12)/t8-,9+/m1/s1. The van der Waals surface area contributed by atoms with Gasteiger partial charge in [0.25, 0.3) is 0 Å². The summed E-state index contributed by atoms with van der Waals surface area (Å²) >= 11 is 0. The molecule has 0 bridgehead atoms. The molecular weight excluding hydrogens is 194 g/mol. The molecule has 0 amide bonds. The average molecular weight is 215 g/mol. The average Bonchev–Trinajstić information content (AvgIpc) is 2.55. The molecule has 2 atom stereocenters. The fraction of sp³-hybridized carbons (Fsp3) is 0.900. The third-order valence-corrected chi connectivity index (χ3v) is 2.89. The number of nitrogens with zero attached hydrogens (tertiary/aromatic N) is 2. The zero-order valence-corrected chi connectivity index (χ0v) is 9.52. The van der Waals surface area contributed by atoms with Gasteiger partial charge >= 0.3 is 0 Å². The molecule has 1 aliphatic heterocycles. The third kappa shape index (κ3) is 3.68. The van der Waals surface area contributed by atoms with E-state index in [2.05, 4.69) is 17.0 Å². The van der Waals surface area contributed by atoms with Gasteiger partial charge in [0, 0.05) is 19.7 Å². The number of hydrogen-bond donors (Lipinski definition) is 2. The summed E-state index contributed by atoms with van der Waals surface area (Å²) in [6.45, 7) is 8.31. The Morgan fingerprint density at radius 3 is 2.93 bits per heavy atom. The van der Waals surface area contributed by atoms with E-state index in [1.165, 1.54) is 0 Å². The molecular formula is C10H21N3O2. The summed E-state index contributed by atoms with van der Waals surface area (Å²) in [7, 11) is 0. The number of likely N-dealkylation sites (tertiary alicyclic amines) is 1. The topological polar surface area (TPSA) is 71.1 Å². The van der Waals surface area contributed by atoms with Crippen LogP contribution >= 0.6 is 0 Å². The van der Waals surface area contributed by atoms with Gasteiger partial charge in [-0.1, -0.05) is 12.1 Å².